The minimum absolute atomic E-state index is 0.0399. The molecule has 1 aromatic heterocycles. The van der Waals surface area contributed by atoms with Crippen molar-refractivity contribution >= 4 is 29.0 Å². The van der Waals surface area contributed by atoms with Crippen LogP contribution < -0.4 is 10.6 Å². The summed E-state index contributed by atoms with van der Waals surface area (Å²) in [7, 11) is 0. The second-order valence-electron chi connectivity index (χ2n) is 7.06. The Bertz CT molecular complexity index is 761. The van der Waals surface area contributed by atoms with E-state index in [0.717, 1.165) is 51.3 Å². The van der Waals surface area contributed by atoms with Crippen molar-refractivity contribution in [3.63, 3.8) is 0 Å². The van der Waals surface area contributed by atoms with E-state index in [1.165, 1.54) is 17.4 Å². The van der Waals surface area contributed by atoms with Gasteiger partial charge in [0.15, 0.2) is 0 Å². The van der Waals surface area contributed by atoms with Gasteiger partial charge in [-0.1, -0.05) is 18.2 Å². The monoisotopic (exact) mass is 400 g/mol. The molecule has 1 fully saturated rings. The summed E-state index contributed by atoms with van der Waals surface area (Å²) in [5, 5.41) is 7.90. The summed E-state index contributed by atoms with van der Waals surface area (Å²) < 4.78 is 0. The maximum atomic E-state index is 12.4. The maximum absolute atomic E-state index is 12.4. The molecule has 0 bridgehead atoms. The third-order valence-electron chi connectivity index (χ3n) is 4.78. The van der Waals surface area contributed by atoms with Crippen molar-refractivity contribution in [3.8, 4) is 0 Å². The highest BCUT2D eigenvalue weighted by molar-refractivity contribution is 7.09. The summed E-state index contributed by atoms with van der Waals surface area (Å²) in [5.74, 6) is -0.0611. The van der Waals surface area contributed by atoms with E-state index in [1.54, 1.807) is 11.3 Å². The van der Waals surface area contributed by atoms with Crippen molar-refractivity contribution < 1.29 is 9.59 Å². The lowest BCUT2D eigenvalue weighted by Gasteiger charge is -2.22. The van der Waals surface area contributed by atoms with E-state index in [9.17, 15) is 9.59 Å². The molecule has 1 aromatic carbocycles. The Kier molecular flexibility index (Phi) is 7.45. The van der Waals surface area contributed by atoms with Gasteiger partial charge in [-0.15, -0.1) is 11.3 Å². The van der Waals surface area contributed by atoms with Gasteiger partial charge in [0.05, 0.1) is 0 Å². The third-order valence-corrected chi connectivity index (χ3v) is 5.72. The highest BCUT2D eigenvalue weighted by Gasteiger charge is 2.19. The minimum atomic E-state index is -0.0611. The molecule has 0 radical (unpaired) electrons. The molecule has 0 aliphatic carbocycles. The molecule has 0 saturated carbocycles. The van der Waals surface area contributed by atoms with Crippen LogP contribution in [-0.4, -0.2) is 54.5 Å². The first-order valence-corrected chi connectivity index (χ1v) is 10.6. The highest BCUT2D eigenvalue weighted by atomic mass is 32.1. The van der Waals surface area contributed by atoms with E-state index in [-0.39, 0.29) is 11.9 Å². The molecule has 3 amide bonds. The molecule has 7 heteroatoms. The molecule has 28 heavy (non-hydrogen) atoms. The topological polar surface area (TPSA) is 64.7 Å². The third kappa shape index (κ3) is 6.35. The number of thiophene rings is 1. The van der Waals surface area contributed by atoms with Gasteiger partial charge in [0.2, 0.25) is 5.91 Å². The Morgan fingerprint density at radius 2 is 1.89 bits per heavy atom. The molecule has 150 valence electrons. The number of anilines is 1. The minimum Gasteiger partial charge on any atom is -0.338 e. The predicted octanol–water partition coefficient (Wildman–Crippen LogP) is 3.17. The standard InChI is InChI=1S/C21H28N4O2S/c1-17(26)23-19-7-5-18(6-8-19)16-24-11-3-12-25(14-13-24)21(27)22-10-9-20-4-2-15-28-20/h2,4-8,15H,3,9-14,16H2,1H3,(H,22,27)(H,23,26). The zero-order chi connectivity index (χ0) is 19.8. The van der Waals surface area contributed by atoms with E-state index in [0.29, 0.717) is 6.54 Å². The number of nitrogens with zero attached hydrogens (tertiary/aromatic N) is 2. The van der Waals surface area contributed by atoms with Crippen LogP contribution in [0, 0.1) is 0 Å². The molecule has 0 unspecified atom stereocenters. The van der Waals surface area contributed by atoms with E-state index < -0.39 is 0 Å². The average molecular weight is 401 g/mol. The van der Waals surface area contributed by atoms with Crippen molar-refractivity contribution in [1.29, 1.82) is 0 Å². The summed E-state index contributed by atoms with van der Waals surface area (Å²) in [4.78, 5) is 29.1. The molecular weight excluding hydrogens is 372 g/mol. The number of rotatable bonds is 6. The summed E-state index contributed by atoms with van der Waals surface area (Å²) in [6, 6.07) is 12.1. The molecule has 3 rings (SSSR count). The molecule has 1 saturated heterocycles. The predicted molar refractivity (Wildman–Crippen MR) is 114 cm³/mol. The van der Waals surface area contributed by atoms with Gasteiger partial charge in [-0.2, -0.15) is 0 Å². The largest absolute Gasteiger partial charge is 0.338 e. The van der Waals surface area contributed by atoms with Crippen molar-refractivity contribution in [2.24, 2.45) is 0 Å². The molecule has 6 nitrogen and oxygen atoms in total. The Labute approximate surface area is 170 Å². The number of carbonyl (C=O) groups excluding carboxylic acids is 2. The second kappa shape index (κ2) is 10.2. The van der Waals surface area contributed by atoms with Gasteiger partial charge >= 0.3 is 6.03 Å². The summed E-state index contributed by atoms with van der Waals surface area (Å²) >= 11 is 1.73. The first-order valence-electron chi connectivity index (χ1n) is 9.74. The van der Waals surface area contributed by atoms with Crippen LogP contribution in [0.4, 0.5) is 10.5 Å². The van der Waals surface area contributed by atoms with Crippen LogP contribution in [0.1, 0.15) is 23.8 Å². The molecule has 1 aliphatic heterocycles. The molecule has 2 aromatic rings. The van der Waals surface area contributed by atoms with Crippen molar-refractivity contribution in [2.75, 3.05) is 38.0 Å². The molecule has 1 aliphatic rings. The number of hydrogen-bond donors (Lipinski definition) is 2. The fraction of sp³-hybridized carbons (Fsp3) is 0.429. The molecule has 0 atom stereocenters. The Morgan fingerprint density at radius 3 is 2.61 bits per heavy atom. The Hall–Kier alpha value is -2.38. The van der Waals surface area contributed by atoms with Gasteiger partial charge in [0.25, 0.3) is 0 Å². The van der Waals surface area contributed by atoms with E-state index in [4.69, 9.17) is 0 Å². The van der Waals surface area contributed by atoms with Crippen molar-refractivity contribution in [3.05, 3.63) is 52.2 Å². The fourth-order valence-electron chi connectivity index (χ4n) is 3.35. The Morgan fingerprint density at radius 1 is 1.07 bits per heavy atom. The SMILES string of the molecule is CC(=O)Nc1ccc(CN2CCCN(C(=O)NCCc3cccs3)CC2)cc1. The second-order valence-corrected chi connectivity index (χ2v) is 8.09. The van der Waals surface area contributed by atoms with Crippen molar-refractivity contribution in [2.45, 2.75) is 26.3 Å². The smallest absolute Gasteiger partial charge is 0.317 e. The maximum Gasteiger partial charge on any atom is 0.317 e. The van der Waals surface area contributed by atoms with E-state index in [2.05, 4.69) is 27.0 Å². The zero-order valence-electron chi connectivity index (χ0n) is 16.3. The van der Waals surface area contributed by atoms with Crippen LogP contribution in [0.2, 0.25) is 0 Å². The quantitative estimate of drug-likeness (QED) is 0.783. The van der Waals surface area contributed by atoms with Gasteiger partial charge in [0, 0.05) is 56.8 Å². The number of hydrogen-bond acceptors (Lipinski definition) is 4. The van der Waals surface area contributed by atoms with Crippen LogP contribution in [0.15, 0.2) is 41.8 Å². The van der Waals surface area contributed by atoms with Gasteiger partial charge in [-0.05, 0) is 42.0 Å². The number of nitrogens with one attached hydrogen (secondary N) is 2. The van der Waals surface area contributed by atoms with Crippen LogP contribution in [0.25, 0.3) is 0 Å². The highest BCUT2D eigenvalue weighted by Crippen LogP contribution is 2.13. The molecule has 2 N–H and O–H groups in total. The normalized spacial score (nSPS) is 15.1. The van der Waals surface area contributed by atoms with Crippen LogP contribution in [0.5, 0.6) is 0 Å². The van der Waals surface area contributed by atoms with Crippen LogP contribution in [-0.2, 0) is 17.8 Å². The number of benzene rings is 1. The molecular formula is C21H28N4O2S. The number of amides is 3. The van der Waals surface area contributed by atoms with Gasteiger partial charge < -0.3 is 15.5 Å². The lowest BCUT2D eigenvalue weighted by molar-refractivity contribution is -0.114. The van der Waals surface area contributed by atoms with Gasteiger partial charge in [0.1, 0.15) is 0 Å². The lowest BCUT2D eigenvalue weighted by Crippen LogP contribution is -2.42. The van der Waals surface area contributed by atoms with Gasteiger partial charge in [-0.3, -0.25) is 9.69 Å². The first-order chi connectivity index (χ1) is 13.6. The lowest BCUT2D eigenvalue weighted by atomic mass is 10.2. The van der Waals surface area contributed by atoms with E-state index >= 15 is 0 Å². The van der Waals surface area contributed by atoms with Gasteiger partial charge in [-0.25, -0.2) is 4.79 Å². The first kappa shape index (κ1) is 20.4. The number of carbonyl (C=O) groups is 2. The summed E-state index contributed by atoms with van der Waals surface area (Å²) in [6.45, 7) is 6.43. The number of urea groups is 1. The van der Waals surface area contributed by atoms with E-state index in [1.807, 2.05) is 35.2 Å². The summed E-state index contributed by atoms with van der Waals surface area (Å²) in [5.41, 5.74) is 2.03. The van der Waals surface area contributed by atoms with Crippen LogP contribution >= 0.6 is 11.3 Å². The van der Waals surface area contributed by atoms with Crippen LogP contribution in [0.3, 0.4) is 0 Å². The van der Waals surface area contributed by atoms with Crippen molar-refractivity contribution in [1.82, 2.24) is 15.1 Å². The molecule has 2 heterocycles. The zero-order valence-corrected chi connectivity index (χ0v) is 17.1. The average Bonchev–Trinajstić information content (AvgIpc) is 3.08. The summed E-state index contributed by atoms with van der Waals surface area (Å²) in [6.07, 6.45) is 1.86. The Balaban J connectivity index is 1.42. The fourth-order valence-corrected chi connectivity index (χ4v) is 4.06. The molecule has 0 spiro atoms.